The molecule has 0 aliphatic rings. The summed E-state index contributed by atoms with van der Waals surface area (Å²) in [5, 5.41) is 1.61. The maximum atomic E-state index is 12.5. The van der Waals surface area contributed by atoms with E-state index in [0.29, 0.717) is 16.2 Å². The van der Waals surface area contributed by atoms with Crippen LogP contribution in [0.25, 0.3) is 31.8 Å². The highest BCUT2D eigenvalue weighted by molar-refractivity contribution is 7.21. The molecule has 0 fully saturated rings. The first kappa shape index (κ1) is 19.1. The van der Waals surface area contributed by atoms with E-state index in [1.54, 1.807) is 0 Å². The molecule has 27 heavy (non-hydrogen) atoms. The molecule has 2 aromatic heterocycles. The van der Waals surface area contributed by atoms with Crippen molar-refractivity contribution < 1.29 is 4.42 Å². The first-order valence-electron chi connectivity index (χ1n) is 9.38. The van der Waals surface area contributed by atoms with Gasteiger partial charge in [0.15, 0.2) is 0 Å². The Balaban J connectivity index is 0.00000102. The van der Waals surface area contributed by atoms with Gasteiger partial charge in [-0.05, 0) is 44.2 Å². The highest BCUT2D eigenvalue weighted by atomic mass is 32.1. The van der Waals surface area contributed by atoms with Crippen LogP contribution in [0.15, 0.2) is 57.7 Å². The zero-order valence-electron chi connectivity index (χ0n) is 16.2. The van der Waals surface area contributed by atoms with Gasteiger partial charge in [-0.1, -0.05) is 26.0 Å². The topological polar surface area (TPSA) is 46.3 Å². The standard InChI is InChI=1S/C20H18N2O2S.C2H6/c1-3-22(4-2)14-10-9-13-11-15(20(23)24-17(13)12-14)19-21-16-7-5-6-8-18(16)25-19;1-2/h5-12H,3-4H2,1-2H3;1-2H3. The fourth-order valence-electron chi connectivity index (χ4n) is 3.02. The molecule has 140 valence electrons. The van der Waals surface area contributed by atoms with Gasteiger partial charge >= 0.3 is 5.63 Å². The average Bonchev–Trinajstić information content (AvgIpc) is 3.14. The van der Waals surface area contributed by atoms with Crippen molar-refractivity contribution in [2.45, 2.75) is 27.7 Å². The normalized spacial score (nSPS) is 10.7. The van der Waals surface area contributed by atoms with Crippen LogP contribution in [-0.4, -0.2) is 18.1 Å². The van der Waals surface area contributed by atoms with Crippen LogP contribution in [0.3, 0.4) is 0 Å². The number of aromatic nitrogens is 1. The third-order valence-electron chi connectivity index (χ3n) is 4.37. The molecule has 0 atom stereocenters. The minimum Gasteiger partial charge on any atom is -0.422 e. The summed E-state index contributed by atoms with van der Waals surface area (Å²) in [6.45, 7) is 10.0. The van der Waals surface area contributed by atoms with E-state index in [9.17, 15) is 4.79 Å². The Morgan fingerprint density at radius 3 is 2.48 bits per heavy atom. The van der Waals surface area contributed by atoms with Gasteiger partial charge in [-0.15, -0.1) is 11.3 Å². The number of hydrogen-bond donors (Lipinski definition) is 0. The molecule has 4 aromatic rings. The fourth-order valence-corrected chi connectivity index (χ4v) is 3.99. The molecule has 5 heteroatoms. The molecule has 0 aliphatic carbocycles. The minimum atomic E-state index is -0.344. The van der Waals surface area contributed by atoms with Crippen LogP contribution in [0.2, 0.25) is 0 Å². The molecule has 0 saturated carbocycles. The third-order valence-corrected chi connectivity index (χ3v) is 5.44. The van der Waals surface area contributed by atoms with E-state index >= 15 is 0 Å². The second-order valence-electron chi connectivity index (χ2n) is 5.83. The van der Waals surface area contributed by atoms with Gasteiger partial charge < -0.3 is 9.32 Å². The second kappa shape index (κ2) is 8.35. The van der Waals surface area contributed by atoms with E-state index in [4.69, 9.17) is 4.42 Å². The maximum Gasteiger partial charge on any atom is 0.346 e. The summed E-state index contributed by atoms with van der Waals surface area (Å²) >= 11 is 1.51. The number of benzene rings is 2. The molecule has 0 bridgehead atoms. The van der Waals surface area contributed by atoms with Crippen molar-refractivity contribution in [2.75, 3.05) is 18.0 Å². The van der Waals surface area contributed by atoms with Crippen LogP contribution >= 0.6 is 11.3 Å². The summed E-state index contributed by atoms with van der Waals surface area (Å²) in [6, 6.07) is 15.8. The van der Waals surface area contributed by atoms with E-state index < -0.39 is 0 Å². The van der Waals surface area contributed by atoms with Gasteiger partial charge in [-0.25, -0.2) is 9.78 Å². The summed E-state index contributed by atoms with van der Waals surface area (Å²) in [4.78, 5) is 19.3. The van der Waals surface area contributed by atoms with E-state index in [0.717, 1.165) is 34.4 Å². The van der Waals surface area contributed by atoms with Gasteiger partial charge in [-0.2, -0.15) is 0 Å². The summed E-state index contributed by atoms with van der Waals surface area (Å²) in [5.74, 6) is 0. The molecule has 0 radical (unpaired) electrons. The number of anilines is 1. The van der Waals surface area contributed by atoms with Crippen LogP contribution in [0, 0.1) is 0 Å². The van der Waals surface area contributed by atoms with Gasteiger partial charge in [0.2, 0.25) is 0 Å². The maximum absolute atomic E-state index is 12.5. The molecule has 4 nitrogen and oxygen atoms in total. The van der Waals surface area contributed by atoms with Crippen molar-refractivity contribution in [3.63, 3.8) is 0 Å². The quantitative estimate of drug-likeness (QED) is 0.411. The smallest absolute Gasteiger partial charge is 0.346 e. The van der Waals surface area contributed by atoms with Crippen molar-refractivity contribution in [3.8, 4) is 10.6 Å². The minimum absolute atomic E-state index is 0.344. The van der Waals surface area contributed by atoms with Crippen molar-refractivity contribution in [3.05, 3.63) is 59.0 Å². The van der Waals surface area contributed by atoms with Crippen molar-refractivity contribution >= 4 is 38.2 Å². The van der Waals surface area contributed by atoms with E-state index in [1.807, 2.05) is 56.3 Å². The summed E-state index contributed by atoms with van der Waals surface area (Å²) in [6.07, 6.45) is 0. The van der Waals surface area contributed by atoms with E-state index in [1.165, 1.54) is 11.3 Å². The fraction of sp³-hybridized carbons (Fsp3) is 0.273. The number of fused-ring (bicyclic) bond motifs is 2. The molecule has 2 aromatic carbocycles. The van der Waals surface area contributed by atoms with Gasteiger partial charge in [0.25, 0.3) is 0 Å². The Kier molecular flexibility index (Phi) is 5.91. The van der Waals surface area contributed by atoms with Gasteiger partial charge in [0.05, 0.1) is 15.8 Å². The third kappa shape index (κ3) is 3.74. The zero-order chi connectivity index (χ0) is 19.4. The number of para-hydroxylation sites is 1. The lowest BCUT2D eigenvalue weighted by atomic mass is 10.1. The lowest BCUT2D eigenvalue weighted by Crippen LogP contribution is -2.21. The highest BCUT2D eigenvalue weighted by Gasteiger charge is 2.13. The number of hydrogen-bond acceptors (Lipinski definition) is 5. The monoisotopic (exact) mass is 380 g/mol. The molecule has 0 unspecified atom stereocenters. The molecule has 0 N–H and O–H groups in total. The molecule has 0 aliphatic heterocycles. The SMILES string of the molecule is CC.CCN(CC)c1ccc2cc(-c3nc4ccccc4s3)c(=O)oc2c1. The molecule has 4 rings (SSSR count). The number of nitrogens with zero attached hydrogens (tertiary/aromatic N) is 2. The van der Waals surface area contributed by atoms with Crippen molar-refractivity contribution in [1.29, 1.82) is 0 Å². The molecule has 0 amide bonds. The molecule has 0 spiro atoms. The Morgan fingerprint density at radius 2 is 1.78 bits per heavy atom. The molecule has 0 saturated heterocycles. The van der Waals surface area contributed by atoms with Gasteiger partial charge in [0.1, 0.15) is 10.6 Å². The van der Waals surface area contributed by atoms with Gasteiger partial charge in [0, 0.05) is 30.2 Å². The summed E-state index contributed by atoms with van der Waals surface area (Å²) in [7, 11) is 0. The summed E-state index contributed by atoms with van der Waals surface area (Å²) in [5.41, 5.74) is 2.75. The summed E-state index contributed by atoms with van der Waals surface area (Å²) < 4.78 is 6.67. The predicted octanol–water partition coefficient (Wildman–Crippen LogP) is 5.94. The van der Waals surface area contributed by atoms with Crippen LogP contribution < -0.4 is 10.5 Å². The Bertz CT molecular complexity index is 1080. The number of rotatable bonds is 4. The highest BCUT2D eigenvalue weighted by Crippen LogP contribution is 2.30. The molecular weight excluding hydrogens is 356 g/mol. The lowest BCUT2D eigenvalue weighted by Gasteiger charge is -2.20. The Labute approximate surface area is 163 Å². The van der Waals surface area contributed by atoms with Crippen LogP contribution in [0.4, 0.5) is 5.69 Å². The first-order valence-corrected chi connectivity index (χ1v) is 10.2. The van der Waals surface area contributed by atoms with Gasteiger partial charge in [-0.3, -0.25) is 0 Å². The lowest BCUT2D eigenvalue weighted by molar-refractivity contribution is 0.563. The zero-order valence-corrected chi connectivity index (χ0v) is 17.0. The predicted molar refractivity (Wildman–Crippen MR) is 116 cm³/mol. The van der Waals surface area contributed by atoms with Crippen LogP contribution in [-0.2, 0) is 0 Å². The Morgan fingerprint density at radius 1 is 1.04 bits per heavy atom. The van der Waals surface area contributed by atoms with Crippen molar-refractivity contribution in [1.82, 2.24) is 4.98 Å². The molecule has 2 heterocycles. The van der Waals surface area contributed by atoms with E-state index in [2.05, 4.69) is 29.8 Å². The second-order valence-corrected chi connectivity index (χ2v) is 6.86. The average molecular weight is 381 g/mol. The van der Waals surface area contributed by atoms with Crippen LogP contribution in [0.1, 0.15) is 27.7 Å². The molecular formula is C22H24N2O2S. The van der Waals surface area contributed by atoms with Crippen molar-refractivity contribution in [2.24, 2.45) is 0 Å². The van der Waals surface area contributed by atoms with E-state index in [-0.39, 0.29) is 5.63 Å². The van der Waals surface area contributed by atoms with Crippen LogP contribution in [0.5, 0.6) is 0 Å². The Hall–Kier alpha value is -2.66. The number of thiazole rings is 1. The first-order chi connectivity index (χ1) is 13.2. The largest absolute Gasteiger partial charge is 0.422 e.